The second-order valence-corrected chi connectivity index (χ2v) is 23.3. The number of hydrogen-bond acceptors (Lipinski definition) is 16. The molecular formula is C67H78N12O6. The molecule has 442 valence electrons. The third-order valence-electron chi connectivity index (χ3n) is 18.0. The number of carbonyl (C=O) groups excluding carboxylic acids is 2. The molecule has 18 heteroatoms. The van der Waals surface area contributed by atoms with Crippen LogP contribution in [0.25, 0.3) is 0 Å². The number of piperazine rings is 2. The molecule has 5 aromatic carbocycles. The lowest BCUT2D eigenvalue weighted by Gasteiger charge is -2.40. The highest BCUT2D eigenvalue weighted by Crippen LogP contribution is 2.35. The minimum Gasteiger partial charge on any atom is -0.411 e. The van der Waals surface area contributed by atoms with Crippen molar-refractivity contribution in [2.24, 2.45) is 11.8 Å². The van der Waals surface area contributed by atoms with Crippen LogP contribution in [0, 0.1) is 76.0 Å². The highest BCUT2D eigenvalue weighted by molar-refractivity contribution is 5.98. The number of aliphatic hydroxyl groups is 1. The molecule has 2 aromatic heterocycles. The minimum atomic E-state index is -0.301. The fourth-order valence-electron chi connectivity index (χ4n) is 13.4. The molecule has 4 saturated heterocycles. The van der Waals surface area contributed by atoms with Crippen LogP contribution in [0.3, 0.4) is 0 Å². The average Bonchev–Trinajstić information content (AvgIpc) is 2.68. The van der Waals surface area contributed by atoms with Crippen molar-refractivity contribution < 1.29 is 28.3 Å². The Morgan fingerprint density at radius 3 is 1.45 bits per heavy atom. The number of anilines is 4. The summed E-state index contributed by atoms with van der Waals surface area (Å²) in [5.74, 6) is 1.13. The zero-order valence-electron chi connectivity index (χ0n) is 49.9. The molecule has 7 aromatic rings. The predicted octanol–water partition coefficient (Wildman–Crippen LogP) is 9.52. The van der Waals surface area contributed by atoms with Gasteiger partial charge in [0.25, 0.3) is 11.8 Å². The van der Waals surface area contributed by atoms with Crippen molar-refractivity contribution in [3.8, 4) is 12.1 Å². The molecule has 4 fully saturated rings. The number of para-hydroxylation sites is 2. The molecule has 18 nitrogen and oxygen atoms in total. The molecule has 2 atom stereocenters. The number of aromatic nitrogens is 4. The topological polar surface area (TPSA) is 208 Å². The molecule has 2 amide bonds. The molecule has 0 bridgehead atoms. The average molecular weight is 1150 g/mol. The van der Waals surface area contributed by atoms with Crippen molar-refractivity contribution >= 4 is 35.2 Å². The fraction of sp³-hybridized carbons (Fsp3) is 0.433. The third-order valence-corrected chi connectivity index (χ3v) is 18.0. The molecule has 4 aliphatic heterocycles. The highest BCUT2D eigenvalue weighted by Gasteiger charge is 2.36. The number of benzene rings is 5. The van der Waals surface area contributed by atoms with Gasteiger partial charge in [-0.15, -0.1) is 10.2 Å². The van der Waals surface area contributed by atoms with Crippen LogP contribution in [-0.4, -0.2) is 138 Å². The molecule has 0 spiro atoms. The smallest absolute Gasteiger partial charge is 0.318 e. The van der Waals surface area contributed by atoms with Gasteiger partial charge in [0.05, 0.1) is 54.4 Å². The second-order valence-electron chi connectivity index (χ2n) is 23.3. The number of piperidine rings is 2. The van der Waals surface area contributed by atoms with E-state index in [1.54, 1.807) is 0 Å². The van der Waals surface area contributed by atoms with Gasteiger partial charge in [0.1, 0.15) is 12.1 Å². The van der Waals surface area contributed by atoms with Gasteiger partial charge in [-0.05, 0) is 166 Å². The van der Waals surface area contributed by atoms with Gasteiger partial charge in [-0.25, -0.2) is 0 Å². The number of amides is 2. The van der Waals surface area contributed by atoms with Crippen LogP contribution in [0.2, 0.25) is 0 Å². The van der Waals surface area contributed by atoms with E-state index in [0.717, 1.165) is 126 Å². The Balaban J connectivity index is 0.000000192. The van der Waals surface area contributed by atoms with Gasteiger partial charge in [-0.2, -0.15) is 10.5 Å². The Bertz CT molecular complexity index is 3490. The maximum atomic E-state index is 14.3. The van der Waals surface area contributed by atoms with Gasteiger partial charge >= 0.3 is 12.0 Å². The van der Waals surface area contributed by atoms with Crippen LogP contribution in [0.1, 0.15) is 108 Å². The van der Waals surface area contributed by atoms with Crippen LogP contribution in [0.15, 0.2) is 113 Å². The Labute approximate surface area is 499 Å². The Kier molecular flexibility index (Phi) is 19.2. The van der Waals surface area contributed by atoms with Crippen molar-refractivity contribution in [2.75, 3.05) is 98.3 Å². The predicted molar refractivity (Wildman–Crippen MR) is 327 cm³/mol. The summed E-state index contributed by atoms with van der Waals surface area (Å²) in [6.07, 6.45) is 8.71. The van der Waals surface area contributed by atoms with Crippen molar-refractivity contribution in [1.29, 1.82) is 10.5 Å². The molecule has 4 aliphatic rings. The summed E-state index contributed by atoms with van der Waals surface area (Å²) in [6, 6.07) is 35.2. The third kappa shape index (κ3) is 13.5. The first-order valence-electron chi connectivity index (χ1n) is 29.9. The number of aliphatic hydroxyl groups excluding tert-OH is 1. The molecule has 85 heavy (non-hydrogen) atoms. The van der Waals surface area contributed by atoms with Crippen LogP contribution in [-0.2, 0) is 24.2 Å². The lowest BCUT2D eigenvalue weighted by molar-refractivity contribution is 0.0596. The second kappa shape index (κ2) is 27.4. The largest absolute Gasteiger partial charge is 0.411 e. The van der Waals surface area contributed by atoms with Gasteiger partial charge in [-0.1, -0.05) is 76.9 Å². The normalized spacial score (nSPS) is 17.8. The molecule has 0 unspecified atom stereocenters. The van der Waals surface area contributed by atoms with Gasteiger partial charge < -0.3 is 48.1 Å². The summed E-state index contributed by atoms with van der Waals surface area (Å²) in [5, 5.41) is 44.9. The first kappa shape index (κ1) is 59.6. The Hall–Kier alpha value is -8.58. The Morgan fingerprint density at radius 1 is 0.576 bits per heavy atom. The summed E-state index contributed by atoms with van der Waals surface area (Å²) in [4.78, 5) is 40.5. The van der Waals surface area contributed by atoms with E-state index in [1.807, 2.05) is 100 Å². The zero-order chi connectivity index (χ0) is 59.6. The maximum Gasteiger partial charge on any atom is 0.318 e. The maximum absolute atomic E-state index is 14.3. The number of nitriles is 2. The summed E-state index contributed by atoms with van der Waals surface area (Å²) in [6.45, 7) is 20.2. The fourth-order valence-corrected chi connectivity index (χ4v) is 13.4. The van der Waals surface area contributed by atoms with Crippen molar-refractivity contribution in [1.82, 2.24) is 30.2 Å². The first-order chi connectivity index (χ1) is 41.3. The van der Waals surface area contributed by atoms with Crippen molar-refractivity contribution in [3.05, 3.63) is 176 Å². The molecule has 0 aliphatic carbocycles. The number of aryl methyl sites for hydroxylation is 4. The number of nitrogens with zero attached hydrogens (tertiary/aromatic N) is 12. The van der Waals surface area contributed by atoms with E-state index >= 15 is 0 Å². The molecule has 1 N–H and O–H groups in total. The molecular weight excluding hydrogens is 1070 g/mol. The van der Waals surface area contributed by atoms with Crippen LogP contribution < -0.4 is 19.6 Å². The quantitative estimate of drug-likeness (QED) is 0.101. The minimum absolute atomic E-state index is 0.0119. The van der Waals surface area contributed by atoms with E-state index in [1.165, 1.54) is 35.0 Å². The van der Waals surface area contributed by atoms with E-state index in [2.05, 4.69) is 94.0 Å². The summed E-state index contributed by atoms with van der Waals surface area (Å²) >= 11 is 0. The van der Waals surface area contributed by atoms with E-state index in [0.29, 0.717) is 76.3 Å². The zero-order valence-corrected chi connectivity index (χ0v) is 49.9. The van der Waals surface area contributed by atoms with Crippen molar-refractivity contribution in [2.45, 2.75) is 98.8 Å². The number of hydrogen-bond donors (Lipinski definition) is 1. The number of carbonyl (C=O) groups is 2. The van der Waals surface area contributed by atoms with E-state index in [9.17, 15) is 25.2 Å². The lowest BCUT2D eigenvalue weighted by Crippen LogP contribution is -2.57. The summed E-state index contributed by atoms with van der Waals surface area (Å²) in [7, 11) is 0. The molecule has 0 radical (unpaired) electrons. The highest BCUT2D eigenvalue weighted by atomic mass is 16.5. The van der Waals surface area contributed by atoms with Gasteiger partial charge in [0.2, 0.25) is 12.8 Å². The standard InChI is InChI=1S/C37H42N6O3.C30H36N6O3/c1-26-19-27(2)35(28(3)33(26)20-29-13-15-41(16-14-29)34-12-8-7-11-31(34)21-38)36(44)42-17-18-43(37-40-39-25-46-37)32(22-42)24-45-23-30-9-5-4-6-10-30;1-20-14-21(2)28(29(38)35-12-13-36(25(17-35)18-37)30-33-32-19-39-30)22(3)26(20)15-23-8-10-34(11-9-23)27-7-5-4-6-24(27)16-31/h4-12,19,25,29,32H,13-18,20,22-24H2,1-3H3;4-7,14,19,23,25,37H,8-13,15,17-18H2,1-3H3/t32-;25-/m00/s1. The number of rotatable bonds is 15. The Morgan fingerprint density at radius 2 is 1.01 bits per heavy atom. The van der Waals surface area contributed by atoms with E-state index in [-0.39, 0.29) is 30.5 Å². The SMILES string of the molecule is Cc1cc(C)c(C(=O)N2CCN(c3nnco3)[C@H](CO)C2)c(C)c1CC1CCN(c2ccccc2C#N)CC1.Cc1cc(C)c(C(=O)N2CCN(c3nnco3)[C@H](COCc3ccccc3)C2)c(C)c1CC1CCN(c2ccccc2C#N)CC1. The summed E-state index contributed by atoms with van der Waals surface area (Å²) in [5.41, 5.74) is 15.4. The van der Waals surface area contributed by atoms with Gasteiger partial charge in [-0.3, -0.25) is 9.59 Å². The first-order valence-corrected chi connectivity index (χ1v) is 29.9. The molecule has 11 rings (SSSR count). The van der Waals surface area contributed by atoms with Crippen LogP contribution >= 0.6 is 0 Å². The van der Waals surface area contributed by atoms with Gasteiger partial charge in [0, 0.05) is 76.6 Å². The summed E-state index contributed by atoms with van der Waals surface area (Å²) < 4.78 is 17.0. The van der Waals surface area contributed by atoms with Gasteiger partial charge in [0.15, 0.2) is 0 Å². The molecule has 6 heterocycles. The van der Waals surface area contributed by atoms with E-state index in [4.69, 9.17) is 13.6 Å². The van der Waals surface area contributed by atoms with Crippen LogP contribution in [0.5, 0.6) is 0 Å². The number of ether oxygens (including phenoxy) is 1. The molecule has 0 saturated carbocycles. The van der Waals surface area contributed by atoms with Crippen molar-refractivity contribution in [3.63, 3.8) is 0 Å². The van der Waals surface area contributed by atoms with E-state index < -0.39 is 0 Å². The monoisotopic (exact) mass is 1150 g/mol. The lowest BCUT2D eigenvalue weighted by atomic mass is 9.83. The van der Waals surface area contributed by atoms with Crippen LogP contribution in [0.4, 0.5) is 23.4 Å².